The average Bonchev–Trinajstić information content (AvgIpc) is 2.78. The highest BCUT2D eigenvalue weighted by molar-refractivity contribution is 8.13. The molecule has 0 amide bonds. The van der Waals surface area contributed by atoms with E-state index < -0.39 is 5.82 Å². The number of carbonyl (C=O) groups excluding carboxylic acids is 1. The van der Waals surface area contributed by atoms with Gasteiger partial charge in [0.05, 0.1) is 11.7 Å². The lowest BCUT2D eigenvalue weighted by molar-refractivity contribution is 0.0988. The van der Waals surface area contributed by atoms with Gasteiger partial charge in [0.15, 0.2) is 11.0 Å². The maximum absolute atomic E-state index is 13.0. The molecule has 4 rings (SSSR count). The normalized spacial score (nSPS) is 24.4. The number of carbonyl (C=O) groups is 1. The Kier molecular flexibility index (Phi) is 4.76. The molecule has 1 aliphatic carbocycles. The molecule has 1 aromatic heterocycles. The second kappa shape index (κ2) is 7.08. The Morgan fingerprint density at radius 3 is 3.00 bits per heavy atom. The predicted molar refractivity (Wildman–Crippen MR) is 107 cm³/mol. The zero-order valence-corrected chi connectivity index (χ0v) is 16.1. The van der Waals surface area contributed by atoms with Gasteiger partial charge in [-0.1, -0.05) is 30.0 Å². The molecule has 2 aromatic rings. The molecule has 0 radical (unpaired) electrons. The van der Waals surface area contributed by atoms with Crippen LogP contribution in [0.15, 0.2) is 41.5 Å². The Bertz CT molecular complexity index is 912. The van der Waals surface area contributed by atoms with Gasteiger partial charge in [-0.3, -0.25) is 14.8 Å². The van der Waals surface area contributed by atoms with Gasteiger partial charge in [-0.25, -0.2) is 4.39 Å². The number of pyridine rings is 1. The van der Waals surface area contributed by atoms with E-state index in [4.69, 9.17) is 10.7 Å². The quantitative estimate of drug-likeness (QED) is 0.817. The standard InChI is InChI=1S/C21H22FN3OS/c1-21-15(12-27-20(23)25-21)4-2-3-14-6-5-13(9-17(14)21)10-19(26)18-8-7-16(22)11-24-18/h5-9,11,15H,2-4,10,12H2,1H3,(H2,23,25)/t15-,21+/m0/s1. The lowest BCUT2D eigenvalue weighted by Crippen LogP contribution is -2.37. The number of thioether (sulfide) groups is 1. The summed E-state index contributed by atoms with van der Waals surface area (Å²) in [6.07, 6.45) is 4.60. The third kappa shape index (κ3) is 3.50. The SMILES string of the molecule is C[C@@]12N=C(N)SC[C@@H]1CCCc1ccc(CC(=O)c3ccc(F)cn3)cc12. The number of aryl methyl sites for hydroxylation is 1. The Morgan fingerprint density at radius 2 is 2.22 bits per heavy atom. The first kappa shape index (κ1) is 18.2. The van der Waals surface area contributed by atoms with Gasteiger partial charge in [0.25, 0.3) is 0 Å². The summed E-state index contributed by atoms with van der Waals surface area (Å²) >= 11 is 1.63. The zero-order chi connectivity index (χ0) is 19.0. The summed E-state index contributed by atoms with van der Waals surface area (Å²) in [5.41, 5.74) is 9.41. The van der Waals surface area contributed by atoms with Crippen molar-refractivity contribution in [2.45, 2.75) is 38.1 Å². The van der Waals surface area contributed by atoms with E-state index in [2.05, 4.69) is 24.0 Å². The fourth-order valence-electron chi connectivity index (χ4n) is 4.12. The van der Waals surface area contributed by atoms with Gasteiger partial charge in [-0.2, -0.15) is 0 Å². The summed E-state index contributed by atoms with van der Waals surface area (Å²) in [6.45, 7) is 2.17. The summed E-state index contributed by atoms with van der Waals surface area (Å²) in [5, 5.41) is 0.638. The molecule has 0 saturated heterocycles. The zero-order valence-electron chi connectivity index (χ0n) is 15.2. The molecule has 0 spiro atoms. The Balaban J connectivity index is 1.68. The van der Waals surface area contributed by atoms with Crippen LogP contribution in [0.25, 0.3) is 0 Å². The first-order valence-corrected chi connectivity index (χ1v) is 10.2. The van der Waals surface area contributed by atoms with Crippen molar-refractivity contribution in [3.8, 4) is 0 Å². The smallest absolute Gasteiger partial charge is 0.185 e. The van der Waals surface area contributed by atoms with Crippen molar-refractivity contribution in [3.63, 3.8) is 0 Å². The number of hydrogen-bond acceptors (Lipinski definition) is 5. The minimum atomic E-state index is -0.443. The van der Waals surface area contributed by atoms with Crippen molar-refractivity contribution in [3.05, 3.63) is 64.7 Å². The highest BCUT2D eigenvalue weighted by atomic mass is 32.2. The van der Waals surface area contributed by atoms with Crippen LogP contribution in [0.3, 0.4) is 0 Å². The lowest BCUT2D eigenvalue weighted by Gasteiger charge is -2.37. The fraction of sp³-hybridized carbons (Fsp3) is 0.381. The molecule has 2 atom stereocenters. The Labute approximate surface area is 162 Å². The molecule has 27 heavy (non-hydrogen) atoms. The highest BCUT2D eigenvalue weighted by Gasteiger charge is 2.41. The third-order valence-corrected chi connectivity index (χ3v) is 6.62. The number of Topliss-reactive ketones (excluding diaryl/α,β-unsaturated/α-hetero) is 1. The van der Waals surface area contributed by atoms with Crippen LogP contribution in [0.5, 0.6) is 0 Å². The molecule has 1 aliphatic heterocycles. The number of aromatic nitrogens is 1. The molecule has 0 bridgehead atoms. The minimum absolute atomic E-state index is 0.118. The first-order valence-electron chi connectivity index (χ1n) is 9.21. The summed E-state index contributed by atoms with van der Waals surface area (Å²) < 4.78 is 13.0. The second-order valence-corrected chi connectivity index (χ2v) is 8.49. The highest BCUT2D eigenvalue weighted by Crippen LogP contribution is 2.45. The molecule has 6 heteroatoms. The van der Waals surface area contributed by atoms with Gasteiger partial charge >= 0.3 is 0 Å². The van der Waals surface area contributed by atoms with Crippen molar-refractivity contribution >= 4 is 22.7 Å². The Hall–Kier alpha value is -2.21. The van der Waals surface area contributed by atoms with Crippen molar-refractivity contribution in [1.82, 2.24) is 4.98 Å². The fourth-order valence-corrected chi connectivity index (χ4v) is 5.24. The van der Waals surface area contributed by atoms with E-state index in [9.17, 15) is 9.18 Å². The van der Waals surface area contributed by atoms with Gasteiger partial charge in [-0.05, 0) is 60.9 Å². The third-order valence-electron chi connectivity index (χ3n) is 5.67. The van der Waals surface area contributed by atoms with E-state index in [1.807, 2.05) is 6.07 Å². The average molecular weight is 383 g/mol. The van der Waals surface area contributed by atoms with E-state index in [-0.39, 0.29) is 23.4 Å². The molecular formula is C21H22FN3OS. The molecule has 2 aliphatic rings. The minimum Gasteiger partial charge on any atom is -0.379 e. The van der Waals surface area contributed by atoms with Crippen molar-refractivity contribution in [2.24, 2.45) is 16.6 Å². The summed E-state index contributed by atoms with van der Waals surface area (Å²) in [7, 11) is 0. The van der Waals surface area contributed by atoms with Gasteiger partial charge < -0.3 is 5.73 Å². The molecule has 1 aromatic carbocycles. The van der Waals surface area contributed by atoms with Crippen molar-refractivity contribution < 1.29 is 9.18 Å². The number of ketones is 1. The van der Waals surface area contributed by atoms with E-state index in [0.717, 1.165) is 36.8 Å². The van der Waals surface area contributed by atoms with Crippen molar-refractivity contribution in [1.29, 1.82) is 0 Å². The monoisotopic (exact) mass is 383 g/mol. The summed E-state index contributed by atoms with van der Waals surface area (Å²) in [4.78, 5) is 21.3. The number of nitrogens with zero attached hydrogens (tertiary/aromatic N) is 2. The second-order valence-electron chi connectivity index (χ2n) is 7.45. The van der Waals surface area contributed by atoms with Gasteiger partial charge in [0.2, 0.25) is 0 Å². The number of benzene rings is 1. The summed E-state index contributed by atoms with van der Waals surface area (Å²) in [6, 6.07) is 8.94. The van der Waals surface area contributed by atoms with Gasteiger partial charge in [0, 0.05) is 12.2 Å². The maximum Gasteiger partial charge on any atom is 0.185 e. The molecule has 2 heterocycles. The van der Waals surface area contributed by atoms with Crippen LogP contribution in [0, 0.1) is 11.7 Å². The Morgan fingerprint density at radius 1 is 1.37 bits per heavy atom. The topological polar surface area (TPSA) is 68.3 Å². The molecule has 4 nitrogen and oxygen atoms in total. The maximum atomic E-state index is 13.0. The number of aliphatic imine (C=N–C) groups is 1. The van der Waals surface area contributed by atoms with Crippen LogP contribution >= 0.6 is 11.8 Å². The molecule has 2 N–H and O–H groups in total. The van der Waals surface area contributed by atoms with E-state index in [1.54, 1.807) is 11.8 Å². The van der Waals surface area contributed by atoms with Gasteiger partial charge in [0.1, 0.15) is 11.5 Å². The number of fused-ring (bicyclic) bond motifs is 3. The molecule has 0 saturated carbocycles. The van der Waals surface area contributed by atoms with Crippen LogP contribution in [0.2, 0.25) is 0 Å². The van der Waals surface area contributed by atoms with E-state index in [1.165, 1.54) is 23.3 Å². The number of hydrogen-bond donors (Lipinski definition) is 1. The van der Waals surface area contributed by atoms with Crippen LogP contribution in [-0.4, -0.2) is 21.7 Å². The lowest BCUT2D eigenvalue weighted by atomic mass is 9.78. The van der Waals surface area contributed by atoms with Crippen LogP contribution < -0.4 is 5.73 Å². The largest absolute Gasteiger partial charge is 0.379 e. The molecule has 140 valence electrons. The van der Waals surface area contributed by atoms with Crippen LogP contribution in [-0.2, 0) is 18.4 Å². The predicted octanol–water partition coefficient (Wildman–Crippen LogP) is 3.88. The number of nitrogens with two attached hydrogens (primary N) is 1. The van der Waals surface area contributed by atoms with E-state index in [0.29, 0.717) is 11.1 Å². The molecule has 0 fully saturated rings. The number of halogens is 1. The number of amidine groups is 1. The molecular weight excluding hydrogens is 361 g/mol. The molecule has 0 unspecified atom stereocenters. The van der Waals surface area contributed by atoms with Crippen molar-refractivity contribution in [2.75, 3.05) is 5.75 Å². The van der Waals surface area contributed by atoms with E-state index >= 15 is 0 Å². The van der Waals surface area contributed by atoms with Gasteiger partial charge in [-0.15, -0.1) is 0 Å². The van der Waals surface area contributed by atoms with Crippen LogP contribution in [0.1, 0.15) is 46.9 Å². The number of rotatable bonds is 3. The first-order chi connectivity index (χ1) is 13.0. The van der Waals surface area contributed by atoms with Crippen LogP contribution in [0.4, 0.5) is 4.39 Å². The summed E-state index contributed by atoms with van der Waals surface area (Å²) in [5.74, 6) is 0.864.